The first-order valence-corrected chi connectivity index (χ1v) is 6.53. The highest BCUT2D eigenvalue weighted by Gasteiger charge is 2.11. The Morgan fingerprint density at radius 1 is 1.21 bits per heavy atom. The van der Waals surface area contributed by atoms with Gasteiger partial charge >= 0.3 is 0 Å². The van der Waals surface area contributed by atoms with Gasteiger partial charge in [0, 0.05) is 23.7 Å². The van der Waals surface area contributed by atoms with Gasteiger partial charge in [0.1, 0.15) is 11.6 Å². The number of halogens is 2. The third-order valence-corrected chi connectivity index (χ3v) is 3.33. The van der Waals surface area contributed by atoms with Crippen LogP contribution >= 0.6 is 11.6 Å². The Kier molecular flexibility index (Phi) is 3.30. The van der Waals surface area contributed by atoms with E-state index in [1.807, 2.05) is 12.1 Å². The lowest BCUT2D eigenvalue weighted by Crippen LogP contribution is -2.00. The summed E-state index contributed by atoms with van der Waals surface area (Å²) in [7, 11) is 0. The maximum atomic E-state index is 13.2. The van der Waals surface area contributed by atoms with Crippen LogP contribution in [0.2, 0.25) is 5.02 Å². The van der Waals surface area contributed by atoms with E-state index in [1.54, 1.807) is 6.07 Å². The van der Waals surface area contributed by atoms with Gasteiger partial charge in [-0.25, -0.2) is 4.39 Å². The Bertz CT molecular complexity index is 595. The Hall–Kier alpha value is -1.74. The van der Waals surface area contributed by atoms with Crippen molar-refractivity contribution in [3.05, 3.63) is 58.4 Å². The average Bonchev–Trinajstić information content (AvgIpc) is 2.82. The van der Waals surface area contributed by atoms with Gasteiger partial charge in [-0.05, 0) is 35.4 Å². The van der Waals surface area contributed by atoms with Crippen LogP contribution in [0, 0.1) is 5.82 Å². The minimum absolute atomic E-state index is 0.336. The number of rotatable bonds is 3. The van der Waals surface area contributed by atoms with E-state index in [4.69, 9.17) is 16.3 Å². The van der Waals surface area contributed by atoms with Crippen LogP contribution in [0.1, 0.15) is 11.1 Å². The molecule has 0 amide bonds. The summed E-state index contributed by atoms with van der Waals surface area (Å²) in [6.07, 6.45) is 0.953. The number of hydrogen-bond donors (Lipinski definition) is 1. The second kappa shape index (κ2) is 5.10. The van der Waals surface area contributed by atoms with Gasteiger partial charge in [-0.1, -0.05) is 23.7 Å². The van der Waals surface area contributed by atoms with E-state index in [9.17, 15) is 4.39 Å². The Morgan fingerprint density at radius 2 is 2.11 bits per heavy atom. The Morgan fingerprint density at radius 3 is 2.95 bits per heavy atom. The molecular weight excluding hydrogens is 265 g/mol. The summed E-state index contributed by atoms with van der Waals surface area (Å²) in [6.45, 7) is 1.39. The first kappa shape index (κ1) is 12.3. The molecule has 0 saturated carbocycles. The molecule has 3 rings (SSSR count). The van der Waals surface area contributed by atoms with Crippen molar-refractivity contribution in [1.29, 1.82) is 0 Å². The molecule has 2 nitrogen and oxygen atoms in total. The minimum Gasteiger partial charge on any atom is -0.493 e. The van der Waals surface area contributed by atoms with Crippen LogP contribution in [-0.4, -0.2) is 6.61 Å². The molecule has 2 aromatic carbocycles. The standard InChI is InChI=1S/C15H13ClFNO/c16-12-6-13(17)8-14(7-12)18-9-10-1-2-15-11(5-10)3-4-19-15/h1-2,5-8,18H,3-4,9H2. The lowest BCUT2D eigenvalue weighted by atomic mass is 10.1. The van der Waals surface area contributed by atoms with Crippen LogP contribution in [0.15, 0.2) is 36.4 Å². The average molecular weight is 278 g/mol. The largest absolute Gasteiger partial charge is 0.493 e. The van der Waals surface area contributed by atoms with Crippen LogP contribution in [0.3, 0.4) is 0 Å². The smallest absolute Gasteiger partial charge is 0.126 e. The maximum absolute atomic E-state index is 13.2. The van der Waals surface area contributed by atoms with Gasteiger partial charge in [0.2, 0.25) is 0 Å². The predicted molar refractivity (Wildman–Crippen MR) is 74.4 cm³/mol. The van der Waals surface area contributed by atoms with Gasteiger partial charge in [-0.15, -0.1) is 0 Å². The molecule has 2 aromatic rings. The molecule has 0 aromatic heterocycles. The number of nitrogens with one attached hydrogen (secondary N) is 1. The van der Waals surface area contributed by atoms with Gasteiger partial charge in [0.15, 0.2) is 0 Å². The molecule has 19 heavy (non-hydrogen) atoms. The summed E-state index contributed by atoms with van der Waals surface area (Å²) >= 11 is 5.81. The van der Waals surface area contributed by atoms with Crippen molar-refractivity contribution in [3.8, 4) is 5.75 Å². The van der Waals surface area contributed by atoms with Gasteiger partial charge in [0.25, 0.3) is 0 Å². The zero-order valence-electron chi connectivity index (χ0n) is 10.2. The summed E-state index contributed by atoms with van der Waals surface area (Å²) < 4.78 is 18.7. The second-order valence-corrected chi connectivity index (χ2v) is 4.99. The van der Waals surface area contributed by atoms with Crippen molar-refractivity contribution >= 4 is 17.3 Å². The van der Waals surface area contributed by atoms with Crippen molar-refractivity contribution < 1.29 is 9.13 Å². The highest BCUT2D eigenvalue weighted by molar-refractivity contribution is 6.30. The predicted octanol–water partition coefficient (Wildman–Crippen LogP) is 4.03. The van der Waals surface area contributed by atoms with Crippen LogP contribution in [-0.2, 0) is 13.0 Å². The van der Waals surface area contributed by atoms with Gasteiger partial charge < -0.3 is 10.1 Å². The minimum atomic E-state index is -0.336. The monoisotopic (exact) mass is 277 g/mol. The molecule has 0 atom stereocenters. The van der Waals surface area contributed by atoms with E-state index in [0.717, 1.165) is 24.3 Å². The summed E-state index contributed by atoms with van der Waals surface area (Å²) in [5.74, 6) is 0.634. The second-order valence-electron chi connectivity index (χ2n) is 4.55. The van der Waals surface area contributed by atoms with Crippen molar-refractivity contribution in [2.75, 3.05) is 11.9 Å². The first-order chi connectivity index (χ1) is 9.20. The van der Waals surface area contributed by atoms with Crippen molar-refractivity contribution in [2.45, 2.75) is 13.0 Å². The fourth-order valence-electron chi connectivity index (χ4n) is 2.21. The Balaban J connectivity index is 1.72. The van der Waals surface area contributed by atoms with Gasteiger partial charge in [-0.3, -0.25) is 0 Å². The summed E-state index contributed by atoms with van der Waals surface area (Å²) in [5, 5.41) is 3.56. The maximum Gasteiger partial charge on any atom is 0.126 e. The number of benzene rings is 2. The van der Waals surface area contributed by atoms with E-state index in [-0.39, 0.29) is 5.82 Å². The molecule has 0 fully saturated rings. The molecule has 4 heteroatoms. The molecule has 98 valence electrons. The molecule has 1 aliphatic rings. The van der Waals surface area contributed by atoms with E-state index < -0.39 is 0 Å². The van der Waals surface area contributed by atoms with E-state index in [0.29, 0.717) is 17.3 Å². The van der Waals surface area contributed by atoms with Crippen molar-refractivity contribution in [3.63, 3.8) is 0 Å². The lowest BCUT2D eigenvalue weighted by Gasteiger charge is -2.08. The highest BCUT2D eigenvalue weighted by Crippen LogP contribution is 2.26. The van der Waals surface area contributed by atoms with Gasteiger partial charge in [0.05, 0.1) is 6.61 Å². The van der Waals surface area contributed by atoms with Crippen LogP contribution < -0.4 is 10.1 Å². The molecule has 0 spiro atoms. The quantitative estimate of drug-likeness (QED) is 0.915. The summed E-state index contributed by atoms with van der Waals surface area (Å²) in [6, 6.07) is 10.6. The van der Waals surface area contributed by atoms with Crippen LogP contribution in [0.5, 0.6) is 5.75 Å². The highest BCUT2D eigenvalue weighted by atomic mass is 35.5. The lowest BCUT2D eigenvalue weighted by molar-refractivity contribution is 0.357. The number of anilines is 1. The van der Waals surface area contributed by atoms with Crippen molar-refractivity contribution in [1.82, 2.24) is 0 Å². The number of ether oxygens (including phenoxy) is 1. The number of hydrogen-bond acceptors (Lipinski definition) is 2. The van der Waals surface area contributed by atoms with Crippen LogP contribution in [0.4, 0.5) is 10.1 Å². The fraction of sp³-hybridized carbons (Fsp3) is 0.200. The first-order valence-electron chi connectivity index (χ1n) is 6.15. The summed E-state index contributed by atoms with van der Waals surface area (Å²) in [5.41, 5.74) is 3.06. The fourth-order valence-corrected chi connectivity index (χ4v) is 2.43. The molecule has 0 radical (unpaired) electrons. The molecule has 0 saturated heterocycles. The molecule has 0 aliphatic carbocycles. The third kappa shape index (κ3) is 2.82. The van der Waals surface area contributed by atoms with Crippen molar-refractivity contribution in [2.24, 2.45) is 0 Å². The molecule has 1 aliphatic heterocycles. The topological polar surface area (TPSA) is 21.3 Å². The van der Waals surface area contributed by atoms with E-state index in [2.05, 4.69) is 11.4 Å². The molecule has 1 heterocycles. The molecule has 0 bridgehead atoms. The SMILES string of the molecule is Fc1cc(Cl)cc(NCc2ccc3c(c2)CCO3)c1. The normalized spacial score (nSPS) is 12.9. The van der Waals surface area contributed by atoms with E-state index in [1.165, 1.54) is 17.7 Å². The van der Waals surface area contributed by atoms with E-state index >= 15 is 0 Å². The van der Waals surface area contributed by atoms with Gasteiger partial charge in [-0.2, -0.15) is 0 Å². The third-order valence-electron chi connectivity index (χ3n) is 3.11. The Labute approximate surface area is 116 Å². The number of fused-ring (bicyclic) bond motifs is 1. The zero-order chi connectivity index (χ0) is 13.2. The molecule has 0 unspecified atom stereocenters. The summed E-state index contributed by atoms with van der Waals surface area (Å²) in [4.78, 5) is 0. The molecular formula is C15H13ClFNO. The zero-order valence-corrected chi connectivity index (χ0v) is 11.0. The van der Waals surface area contributed by atoms with Crippen LogP contribution in [0.25, 0.3) is 0 Å². The molecule has 1 N–H and O–H groups in total.